The van der Waals surface area contributed by atoms with E-state index >= 15 is 0 Å². The zero-order valence-corrected chi connectivity index (χ0v) is 8.99. The Balaban J connectivity index is 2.54. The monoisotopic (exact) mass is 235 g/mol. The van der Waals surface area contributed by atoms with Crippen LogP contribution >= 0.6 is 0 Å². The number of aromatic nitrogens is 2. The number of carbonyl (C=O) groups excluding carboxylic acids is 1. The minimum Gasteiger partial charge on any atom is -0.461 e. The van der Waals surface area contributed by atoms with E-state index in [-0.39, 0.29) is 18.1 Å². The summed E-state index contributed by atoms with van der Waals surface area (Å²) >= 11 is 0. The van der Waals surface area contributed by atoms with Crippen molar-refractivity contribution in [2.45, 2.75) is 6.92 Å². The molecule has 0 aromatic carbocycles. The van der Waals surface area contributed by atoms with Gasteiger partial charge in [-0.3, -0.25) is 0 Å². The third kappa shape index (κ3) is 1.94. The molecule has 0 bridgehead atoms. The molecule has 7 heteroatoms. The van der Waals surface area contributed by atoms with Crippen LogP contribution in [0.2, 0.25) is 0 Å². The maximum Gasteiger partial charge on any atom is 0.360 e. The second-order valence-corrected chi connectivity index (χ2v) is 3.22. The van der Waals surface area contributed by atoms with E-state index in [9.17, 15) is 14.9 Å². The van der Waals surface area contributed by atoms with Gasteiger partial charge in [-0.25, -0.2) is 4.79 Å². The molecule has 0 unspecified atom stereocenters. The maximum atomic E-state index is 11.4. The van der Waals surface area contributed by atoms with Crippen molar-refractivity contribution in [2.75, 3.05) is 6.61 Å². The minimum absolute atomic E-state index is 0.0566. The lowest BCUT2D eigenvalue weighted by molar-refractivity contribution is -0.390. The van der Waals surface area contributed by atoms with Crippen molar-refractivity contribution in [3.8, 4) is 0 Å². The second kappa shape index (κ2) is 4.20. The zero-order valence-electron chi connectivity index (χ0n) is 8.99. The molecule has 0 saturated heterocycles. The summed E-state index contributed by atoms with van der Waals surface area (Å²) in [4.78, 5) is 25.6. The molecule has 0 aliphatic heterocycles. The Bertz CT molecular complexity index is 590. The third-order valence-corrected chi connectivity index (χ3v) is 2.14. The number of ether oxygens (including phenoxy) is 1. The number of hydrogen-bond donors (Lipinski definition) is 0. The normalized spacial score (nSPS) is 10.4. The zero-order chi connectivity index (χ0) is 12.4. The van der Waals surface area contributed by atoms with Crippen molar-refractivity contribution in [1.82, 2.24) is 9.38 Å². The van der Waals surface area contributed by atoms with Gasteiger partial charge < -0.3 is 14.9 Å². The summed E-state index contributed by atoms with van der Waals surface area (Å²) in [5.74, 6) is -0.740. The molecule has 7 nitrogen and oxygen atoms in total. The highest BCUT2D eigenvalue weighted by molar-refractivity contribution is 5.88. The Hall–Kier alpha value is -2.44. The fourth-order valence-corrected chi connectivity index (χ4v) is 1.45. The van der Waals surface area contributed by atoms with Crippen LogP contribution in [0.1, 0.15) is 17.4 Å². The molecule has 0 radical (unpaired) electrons. The van der Waals surface area contributed by atoms with Gasteiger partial charge in [0.05, 0.1) is 6.61 Å². The Kier molecular flexibility index (Phi) is 2.73. The highest BCUT2D eigenvalue weighted by Crippen LogP contribution is 2.15. The number of pyridine rings is 1. The number of imidazole rings is 1. The summed E-state index contributed by atoms with van der Waals surface area (Å²) in [7, 11) is 0. The predicted octanol–water partition coefficient (Wildman–Crippen LogP) is 1.42. The van der Waals surface area contributed by atoms with E-state index in [1.807, 2.05) is 0 Å². The first-order chi connectivity index (χ1) is 8.13. The fraction of sp³-hybridized carbons (Fsp3) is 0.200. The third-order valence-electron chi connectivity index (χ3n) is 2.14. The number of esters is 1. The summed E-state index contributed by atoms with van der Waals surface area (Å²) in [6.45, 7) is 1.91. The molecule has 2 heterocycles. The van der Waals surface area contributed by atoms with Crippen molar-refractivity contribution in [1.29, 1.82) is 0 Å². The Morgan fingerprint density at radius 3 is 3.00 bits per heavy atom. The van der Waals surface area contributed by atoms with E-state index in [1.54, 1.807) is 13.0 Å². The molecule has 2 aromatic heterocycles. The predicted molar refractivity (Wildman–Crippen MR) is 57.8 cm³/mol. The average molecular weight is 235 g/mol. The molecular formula is C10H9N3O4. The first kappa shape index (κ1) is 11.1. The van der Waals surface area contributed by atoms with Gasteiger partial charge in [-0.1, -0.05) is 0 Å². The smallest absolute Gasteiger partial charge is 0.360 e. The lowest BCUT2D eigenvalue weighted by atomic mass is 10.4. The van der Waals surface area contributed by atoms with Crippen LogP contribution in [-0.2, 0) is 4.74 Å². The molecular weight excluding hydrogens is 226 g/mol. The lowest BCUT2D eigenvalue weighted by Crippen LogP contribution is -2.04. The van der Waals surface area contributed by atoms with Crippen LogP contribution in [0, 0.1) is 10.1 Å². The van der Waals surface area contributed by atoms with E-state index in [1.165, 1.54) is 22.7 Å². The number of hydrogen-bond acceptors (Lipinski definition) is 5. The lowest BCUT2D eigenvalue weighted by Gasteiger charge is -1.95. The van der Waals surface area contributed by atoms with Crippen LogP contribution in [-0.4, -0.2) is 26.9 Å². The van der Waals surface area contributed by atoms with Crippen LogP contribution in [0.4, 0.5) is 5.82 Å². The molecule has 0 saturated carbocycles. The molecule has 88 valence electrons. The largest absolute Gasteiger partial charge is 0.461 e. The number of carbonyl (C=O) groups is 1. The van der Waals surface area contributed by atoms with E-state index in [4.69, 9.17) is 4.74 Å². The fourth-order valence-electron chi connectivity index (χ4n) is 1.45. The SMILES string of the molecule is CCOC(=O)c1cn2c([N+](=O)[O-])cccc2n1. The van der Waals surface area contributed by atoms with E-state index in [0.29, 0.717) is 5.65 Å². The van der Waals surface area contributed by atoms with Crippen molar-refractivity contribution in [3.63, 3.8) is 0 Å². The molecule has 0 atom stereocenters. The standard InChI is InChI=1S/C10H9N3O4/c1-2-17-10(14)7-6-12-8(11-7)4-3-5-9(12)13(15)16/h3-6H,2H2,1H3. The second-order valence-electron chi connectivity index (χ2n) is 3.22. The first-order valence-electron chi connectivity index (χ1n) is 4.93. The van der Waals surface area contributed by atoms with Crippen LogP contribution in [0.5, 0.6) is 0 Å². The summed E-state index contributed by atoms with van der Waals surface area (Å²) in [6.07, 6.45) is 1.30. The van der Waals surface area contributed by atoms with Gasteiger partial charge in [0.2, 0.25) is 5.65 Å². The number of nitrogens with zero attached hydrogens (tertiary/aromatic N) is 3. The molecule has 0 fully saturated rings. The number of rotatable bonds is 3. The summed E-state index contributed by atoms with van der Waals surface area (Å²) in [5.41, 5.74) is 0.392. The van der Waals surface area contributed by atoms with Gasteiger partial charge in [0.25, 0.3) is 0 Å². The van der Waals surface area contributed by atoms with Gasteiger partial charge in [-0.05, 0) is 17.9 Å². The van der Waals surface area contributed by atoms with Crippen molar-refractivity contribution >= 4 is 17.4 Å². The highest BCUT2D eigenvalue weighted by Gasteiger charge is 2.18. The number of fused-ring (bicyclic) bond motifs is 1. The van der Waals surface area contributed by atoms with Crippen molar-refractivity contribution in [2.24, 2.45) is 0 Å². The van der Waals surface area contributed by atoms with Gasteiger partial charge in [-0.15, -0.1) is 0 Å². The highest BCUT2D eigenvalue weighted by atomic mass is 16.6. The quantitative estimate of drug-likeness (QED) is 0.456. The van der Waals surface area contributed by atoms with Crippen LogP contribution in [0.25, 0.3) is 5.65 Å². The minimum atomic E-state index is -0.592. The van der Waals surface area contributed by atoms with Crippen molar-refractivity contribution < 1.29 is 14.5 Å². The average Bonchev–Trinajstić information content (AvgIpc) is 2.72. The summed E-state index contributed by atoms with van der Waals surface area (Å²) in [5, 5.41) is 10.8. The molecule has 2 aromatic rings. The molecule has 17 heavy (non-hydrogen) atoms. The molecule has 0 N–H and O–H groups in total. The molecule has 0 aliphatic carbocycles. The first-order valence-corrected chi connectivity index (χ1v) is 4.93. The van der Waals surface area contributed by atoms with Crippen LogP contribution in [0.15, 0.2) is 24.4 Å². The van der Waals surface area contributed by atoms with Crippen molar-refractivity contribution in [3.05, 3.63) is 40.2 Å². The molecule has 2 rings (SSSR count). The Labute approximate surface area is 95.8 Å². The van der Waals surface area contributed by atoms with E-state index in [0.717, 1.165) is 0 Å². The topological polar surface area (TPSA) is 86.7 Å². The maximum absolute atomic E-state index is 11.4. The molecule has 0 amide bonds. The van der Waals surface area contributed by atoms with Gasteiger partial charge >= 0.3 is 11.8 Å². The number of nitro groups is 1. The van der Waals surface area contributed by atoms with Crippen LogP contribution < -0.4 is 0 Å². The Morgan fingerprint density at radius 1 is 1.59 bits per heavy atom. The summed E-state index contributed by atoms with van der Waals surface area (Å²) in [6, 6.07) is 4.43. The van der Waals surface area contributed by atoms with E-state index < -0.39 is 10.9 Å². The molecule has 0 spiro atoms. The van der Waals surface area contributed by atoms with Gasteiger partial charge in [0.15, 0.2) is 5.69 Å². The Morgan fingerprint density at radius 2 is 2.35 bits per heavy atom. The van der Waals surface area contributed by atoms with Crippen LogP contribution in [0.3, 0.4) is 0 Å². The molecule has 0 aliphatic rings. The van der Waals surface area contributed by atoms with Gasteiger partial charge in [0.1, 0.15) is 6.20 Å². The van der Waals surface area contributed by atoms with Gasteiger partial charge in [-0.2, -0.15) is 9.38 Å². The summed E-state index contributed by atoms with van der Waals surface area (Å²) < 4.78 is 6.02. The van der Waals surface area contributed by atoms with E-state index in [2.05, 4.69) is 4.98 Å². The van der Waals surface area contributed by atoms with Gasteiger partial charge in [0, 0.05) is 12.1 Å².